The second kappa shape index (κ2) is 13.3. The maximum Gasteiger partial charge on any atom is 0.0997 e. The largest absolute Gasteiger partial charge is 0.303 e. The molecule has 1 atom stereocenters. The molecule has 0 bridgehead atoms. The van der Waals surface area contributed by atoms with Crippen LogP contribution >= 0.6 is 7.14 Å². The average Bonchev–Trinajstić information content (AvgIpc) is 2.66. The van der Waals surface area contributed by atoms with Crippen LogP contribution in [0.25, 0.3) is 6.08 Å². The van der Waals surface area contributed by atoms with Crippen LogP contribution in [0.2, 0.25) is 5.82 Å². The summed E-state index contributed by atoms with van der Waals surface area (Å²) in [6.45, 7) is 11.1. The summed E-state index contributed by atoms with van der Waals surface area (Å²) in [5.41, 5.74) is 1.17. The molecule has 1 aromatic carbocycles. The van der Waals surface area contributed by atoms with Crippen molar-refractivity contribution in [3.63, 3.8) is 0 Å². The zero-order valence-electron chi connectivity index (χ0n) is 17.4. The Morgan fingerprint density at radius 2 is 1.46 bits per heavy atom. The van der Waals surface area contributed by atoms with E-state index < -0.39 is 7.14 Å². The third-order valence-corrected chi connectivity index (χ3v) is 9.69. The van der Waals surface area contributed by atoms with Crippen molar-refractivity contribution in [1.29, 1.82) is 0 Å². The van der Waals surface area contributed by atoms with Crippen molar-refractivity contribution in [2.75, 3.05) is 18.5 Å². The lowest BCUT2D eigenvalue weighted by atomic mass is 9.82. The van der Waals surface area contributed by atoms with Crippen LogP contribution in [-0.4, -0.2) is 31.3 Å². The van der Waals surface area contributed by atoms with E-state index in [0.29, 0.717) is 0 Å². The fourth-order valence-electron chi connectivity index (χ4n) is 3.39. The molecule has 1 aromatic rings. The number of carbonyl (C=O) groups is 1. The Morgan fingerprint density at radius 1 is 0.962 bits per heavy atom. The van der Waals surface area contributed by atoms with E-state index in [0.717, 1.165) is 0 Å². The van der Waals surface area contributed by atoms with Crippen LogP contribution in [0.3, 0.4) is 0 Å². The van der Waals surface area contributed by atoms with Crippen molar-refractivity contribution >= 4 is 26.0 Å². The molecule has 0 aliphatic heterocycles. The molecule has 144 valence electrons. The molecule has 0 aromatic heterocycles. The number of carbonyl (C=O) groups excluding carboxylic acids is 1. The smallest absolute Gasteiger partial charge is 0.0997 e. The summed E-state index contributed by atoms with van der Waals surface area (Å²) in [5.74, 6) is 0.250. The predicted molar refractivity (Wildman–Crippen MR) is 122 cm³/mol. The van der Waals surface area contributed by atoms with Crippen LogP contribution in [0.4, 0.5) is 0 Å². The van der Waals surface area contributed by atoms with Crippen molar-refractivity contribution in [3.8, 4) is 0 Å². The summed E-state index contributed by atoms with van der Waals surface area (Å²) in [5, 5.41) is 0. The van der Waals surface area contributed by atoms with Gasteiger partial charge in [-0.1, -0.05) is 83.4 Å². The monoisotopic (exact) mass is 372 g/mol. The summed E-state index contributed by atoms with van der Waals surface area (Å²) in [6, 6.07) is 10.3. The van der Waals surface area contributed by atoms with Crippen LogP contribution in [0.15, 0.2) is 36.4 Å². The second-order valence-corrected chi connectivity index (χ2v) is 11.6. The van der Waals surface area contributed by atoms with Gasteiger partial charge in [0.1, 0.15) is 0 Å². The maximum absolute atomic E-state index is 12.4. The molecule has 1 rings (SSSR count). The third kappa shape index (κ3) is 8.67. The Kier molecular flexibility index (Phi) is 11.9. The lowest BCUT2D eigenvalue weighted by molar-refractivity contribution is -0.116. The van der Waals surface area contributed by atoms with Crippen molar-refractivity contribution in [2.45, 2.75) is 72.0 Å². The molecule has 0 aliphatic rings. The first-order chi connectivity index (χ1) is 12.6. The molecule has 1 unspecified atom stereocenters. The molecule has 0 heterocycles. The average molecular weight is 372 g/mol. The Bertz CT molecular complexity index is 504. The summed E-state index contributed by atoms with van der Waals surface area (Å²) in [4.78, 5) is 12.4. The number of rotatable bonds is 14. The first-order valence-electron chi connectivity index (χ1n) is 10.5. The number of Topliss-reactive ketones (excluding diaryl/α,β-unsaturated/α-hetero) is 1. The van der Waals surface area contributed by atoms with E-state index in [-0.39, 0.29) is 11.6 Å². The molecule has 0 spiro atoms. The fraction of sp³-hybridized carbons (Fsp3) is 0.609. The summed E-state index contributed by atoms with van der Waals surface area (Å²) < 4.78 is 0. The Labute approximate surface area is 163 Å². The van der Waals surface area contributed by atoms with Gasteiger partial charge in [0.05, 0.1) is 5.78 Å². The van der Waals surface area contributed by atoms with Gasteiger partial charge in [-0.3, -0.25) is 0 Å². The van der Waals surface area contributed by atoms with E-state index in [1.807, 2.05) is 18.2 Å². The Hall–Kier alpha value is -0.875. The number of benzene rings is 1. The molecule has 0 amide bonds. The number of unbranched alkanes of at least 4 members (excludes halogenated alkanes) is 3. The van der Waals surface area contributed by atoms with E-state index in [2.05, 4.69) is 52.1 Å². The topological polar surface area (TPSA) is 17.1 Å². The highest BCUT2D eigenvalue weighted by molar-refractivity contribution is 8.00. The standard InChI is InChI=1S/C23H38BOP/c1-5-8-18-26(19-9-6-2,20-10-7-3)24-23(21(4)25)17-16-22-14-12-11-13-15-22/h11-17,23H,5-10,18-20H2,1-4H3/b17-16+. The number of allylic oxidation sites excluding steroid dienone is 1. The van der Waals surface area contributed by atoms with Gasteiger partial charge in [-0.25, -0.2) is 7.14 Å². The molecule has 1 nitrogen and oxygen atoms in total. The molecule has 26 heavy (non-hydrogen) atoms. The highest BCUT2D eigenvalue weighted by Gasteiger charge is 2.27. The quantitative estimate of drug-likeness (QED) is 0.251. The van der Waals surface area contributed by atoms with Crippen LogP contribution in [0.5, 0.6) is 0 Å². The molecular weight excluding hydrogens is 334 g/mol. The van der Waals surface area contributed by atoms with Crippen molar-refractivity contribution in [2.24, 2.45) is 0 Å². The SMILES string of the molecule is CCCC[P+]([B-]C(/C=C/c1ccccc1)C(C)=O)(CCCC)CCCC. The first-order valence-corrected chi connectivity index (χ1v) is 12.9. The lowest BCUT2D eigenvalue weighted by Crippen LogP contribution is -2.21. The number of ketones is 1. The van der Waals surface area contributed by atoms with Gasteiger partial charge in [0.15, 0.2) is 0 Å². The highest BCUT2D eigenvalue weighted by atomic mass is 31.2. The van der Waals surface area contributed by atoms with Crippen LogP contribution in [-0.2, 0) is 4.79 Å². The van der Waals surface area contributed by atoms with Crippen LogP contribution in [0, 0.1) is 0 Å². The highest BCUT2D eigenvalue weighted by Crippen LogP contribution is 2.61. The third-order valence-electron chi connectivity index (χ3n) is 5.11. The summed E-state index contributed by atoms with van der Waals surface area (Å²) in [7, 11) is -1.17. The molecule has 0 saturated heterocycles. The summed E-state index contributed by atoms with van der Waals surface area (Å²) in [6.07, 6.45) is 15.9. The Balaban J connectivity index is 2.99. The minimum absolute atomic E-state index is 0.0332. The molecule has 0 aliphatic carbocycles. The molecule has 3 heteroatoms. The molecule has 0 saturated carbocycles. The van der Waals surface area contributed by atoms with E-state index in [4.69, 9.17) is 0 Å². The van der Waals surface area contributed by atoms with Crippen molar-refractivity contribution in [3.05, 3.63) is 42.0 Å². The fourth-order valence-corrected chi connectivity index (χ4v) is 8.33. The van der Waals surface area contributed by atoms with E-state index in [1.165, 1.54) is 62.6 Å². The van der Waals surface area contributed by atoms with E-state index >= 15 is 0 Å². The van der Waals surface area contributed by atoms with Gasteiger partial charge in [0.25, 0.3) is 0 Å². The zero-order valence-corrected chi connectivity index (χ0v) is 18.3. The van der Waals surface area contributed by atoms with Gasteiger partial charge < -0.3 is 4.79 Å². The van der Waals surface area contributed by atoms with Gasteiger partial charge in [-0.2, -0.15) is 0 Å². The molecule has 0 fully saturated rings. The van der Waals surface area contributed by atoms with Crippen LogP contribution < -0.4 is 0 Å². The van der Waals surface area contributed by atoms with E-state index in [1.54, 1.807) is 6.92 Å². The predicted octanol–water partition coefficient (Wildman–Crippen LogP) is 7.11. The number of hydrogen-bond acceptors (Lipinski definition) is 1. The van der Waals surface area contributed by atoms with Crippen molar-refractivity contribution in [1.82, 2.24) is 0 Å². The Morgan fingerprint density at radius 3 is 1.88 bits per heavy atom. The maximum atomic E-state index is 12.4. The van der Waals surface area contributed by atoms with Gasteiger partial charge in [-0.15, -0.1) is 11.9 Å². The van der Waals surface area contributed by atoms with Crippen LogP contribution in [0.1, 0.15) is 71.8 Å². The molecule has 0 N–H and O–H groups in total. The van der Waals surface area contributed by atoms with Crippen molar-refractivity contribution < 1.29 is 4.79 Å². The molecular formula is C23H38BOP. The van der Waals surface area contributed by atoms with Gasteiger partial charge >= 0.3 is 0 Å². The second-order valence-electron chi connectivity index (χ2n) is 7.51. The minimum atomic E-state index is -1.17. The van der Waals surface area contributed by atoms with E-state index in [9.17, 15) is 4.79 Å². The molecule has 2 radical (unpaired) electrons. The lowest BCUT2D eigenvalue weighted by Gasteiger charge is -2.42. The van der Waals surface area contributed by atoms with Gasteiger partial charge in [-0.05, 0) is 31.7 Å². The zero-order chi connectivity index (χ0) is 19.3. The normalized spacial score (nSPS) is 13.2. The minimum Gasteiger partial charge on any atom is -0.303 e. The summed E-state index contributed by atoms with van der Waals surface area (Å²) >= 11 is 0. The number of hydrogen-bond donors (Lipinski definition) is 0. The first kappa shape index (κ1) is 23.2. The van der Waals surface area contributed by atoms with Gasteiger partial charge in [0.2, 0.25) is 0 Å². The van der Waals surface area contributed by atoms with Gasteiger partial charge in [0, 0.05) is 18.5 Å².